The summed E-state index contributed by atoms with van der Waals surface area (Å²) in [5, 5.41) is 0.260. The van der Waals surface area contributed by atoms with Crippen LogP contribution in [-0.2, 0) is 14.6 Å². The van der Waals surface area contributed by atoms with Crippen molar-refractivity contribution >= 4 is 27.3 Å². The Labute approximate surface area is 107 Å². The van der Waals surface area contributed by atoms with Crippen molar-refractivity contribution in [1.82, 2.24) is 4.90 Å². The summed E-state index contributed by atoms with van der Waals surface area (Å²) in [5.74, 6) is 0.328. The van der Waals surface area contributed by atoms with Crippen LogP contribution in [0, 0.1) is 11.8 Å². The molecule has 2 rings (SSSR count). The van der Waals surface area contributed by atoms with E-state index in [2.05, 4.69) is 0 Å². The number of hydrogen-bond acceptors (Lipinski definition) is 3. The smallest absolute Gasteiger partial charge is 0.226 e. The number of carbonyl (C=O) groups is 1. The maximum Gasteiger partial charge on any atom is 0.226 e. The second kappa shape index (κ2) is 4.76. The fraction of sp³-hybridized carbons (Fsp3) is 0.909. The highest BCUT2D eigenvalue weighted by Gasteiger charge is 2.36. The molecule has 0 bridgehead atoms. The van der Waals surface area contributed by atoms with Crippen molar-refractivity contribution in [3.63, 3.8) is 0 Å². The van der Waals surface area contributed by atoms with Crippen molar-refractivity contribution in [3.8, 4) is 0 Å². The summed E-state index contributed by atoms with van der Waals surface area (Å²) in [5.41, 5.74) is 0. The predicted molar refractivity (Wildman–Crippen MR) is 66.8 cm³/mol. The molecule has 1 aliphatic heterocycles. The van der Waals surface area contributed by atoms with Gasteiger partial charge in [0.25, 0.3) is 0 Å². The summed E-state index contributed by atoms with van der Waals surface area (Å²) < 4.78 is 22.6. The quantitative estimate of drug-likeness (QED) is 0.721. The van der Waals surface area contributed by atoms with Gasteiger partial charge in [0.15, 0.2) is 9.84 Å². The van der Waals surface area contributed by atoms with Crippen LogP contribution in [0.25, 0.3) is 0 Å². The van der Waals surface area contributed by atoms with E-state index in [1.54, 1.807) is 11.9 Å². The van der Waals surface area contributed by atoms with Crippen LogP contribution in [0.2, 0.25) is 0 Å². The summed E-state index contributed by atoms with van der Waals surface area (Å²) in [7, 11) is -1.21. The topological polar surface area (TPSA) is 54.5 Å². The molecule has 1 saturated carbocycles. The van der Waals surface area contributed by atoms with Crippen LogP contribution in [0.4, 0.5) is 0 Å². The molecule has 98 valence electrons. The van der Waals surface area contributed by atoms with E-state index in [1.807, 2.05) is 0 Å². The Balaban J connectivity index is 1.83. The maximum atomic E-state index is 12.0. The molecule has 0 spiro atoms. The van der Waals surface area contributed by atoms with Gasteiger partial charge in [0.05, 0.1) is 17.4 Å². The number of carbonyl (C=O) groups excluding carboxylic acids is 1. The van der Waals surface area contributed by atoms with E-state index < -0.39 is 9.84 Å². The van der Waals surface area contributed by atoms with Crippen LogP contribution in [0.15, 0.2) is 0 Å². The third-order valence-corrected chi connectivity index (χ3v) is 5.79. The van der Waals surface area contributed by atoms with E-state index >= 15 is 0 Å². The van der Waals surface area contributed by atoms with Crippen molar-refractivity contribution in [2.45, 2.75) is 24.6 Å². The lowest BCUT2D eigenvalue weighted by Gasteiger charge is -2.34. The molecular weight excluding hydrogens is 262 g/mol. The predicted octanol–water partition coefficient (Wildman–Crippen LogP) is 0.897. The molecule has 1 saturated heterocycles. The first-order valence-electron chi connectivity index (χ1n) is 5.97. The number of halogens is 1. The summed E-state index contributed by atoms with van der Waals surface area (Å²) in [6.07, 6.45) is 2.40. The van der Waals surface area contributed by atoms with Crippen LogP contribution in [-0.4, -0.2) is 49.7 Å². The zero-order valence-electron chi connectivity index (χ0n) is 9.93. The molecule has 6 heteroatoms. The summed E-state index contributed by atoms with van der Waals surface area (Å²) in [6.45, 7) is 0.707. The van der Waals surface area contributed by atoms with Gasteiger partial charge in [0.1, 0.15) is 0 Å². The molecule has 4 nitrogen and oxygen atoms in total. The highest BCUT2D eigenvalue weighted by atomic mass is 35.5. The molecular formula is C11H18ClNO3S. The van der Waals surface area contributed by atoms with Gasteiger partial charge in [0, 0.05) is 19.0 Å². The Morgan fingerprint density at radius 2 is 2.06 bits per heavy atom. The fourth-order valence-corrected chi connectivity index (χ4v) is 4.82. The number of hydrogen-bond donors (Lipinski definition) is 0. The molecule has 17 heavy (non-hydrogen) atoms. The average molecular weight is 280 g/mol. The van der Waals surface area contributed by atoms with Gasteiger partial charge < -0.3 is 4.90 Å². The number of nitrogens with zero attached hydrogens (tertiary/aromatic N) is 1. The molecule has 2 fully saturated rings. The fourth-order valence-electron chi connectivity index (χ4n) is 2.58. The van der Waals surface area contributed by atoms with Gasteiger partial charge in [0.2, 0.25) is 5.91 Å². The Bertz CT molecular complexity index is 403. The lowest BCUT2D eigenvalue weighted by Crippen LogP contribution is -2.40. The molecule has 1 aliphatic carbocycles. The molecule has 0 aromatic carbocycles. The minimum atomic E-state index is -2.97. The Morgan fingerprint density at radius 3 is 2.53 bits per heavy atom. The Kier molecular flexibility index (Phi) is 3.69. The molecule has 1 atom stereocenters. The first kappa shape index (κ1) is 13.1. The van der Waals surface area contributed by atoms with E-state index in [0.29, 0.717) is 18.9 Å². The number of alkyl halides is 1. The average Bonchev–Trinajstić information content (AvgIpc) is 2.55. The van der Waals surface area contributed by atoms with Crippen molar-refractivity contribution in [2.24, 2.45) is 11.8 Å². The standard InChI is InChI=1S/C11H18ClNO3S/c1-13(6-8-4-10(12)5-8)11(14)9-2-3-17(15,16)7-9/h8-10H,2-7H2,1H3. The van der Waals surface area contributed by atoms with E-state index in [9.17, 15) is 13.2 Å². The Hall–Kier alpha value is -0.290. The van der Waals surface area contributed by atoms with Gasteiger partial charge in [-0.2, -0.15) is 0 Å². The molecule has 1 unspecified atom stereocenters. The van der Waals surface area contributed by atoms with Crippen molar-refractivity contribution in [3.05, 3.63) is 0 Å². The van der Waals surface area contributed by atoms with Gasteiger partial charge in [-0.25, -0.2) is 8.42 Å². The van der Waals surface area contributed by atoms with E-state index in [-0.39, 0.29) is 28.7 Å². The normalized spacial score (nSPS) is 35.3. The van der Waals surface area contributed by atoms with Crippen LogP contribution >= 0.6 is 11.6 Å². The third kappa shape index (κ3) is 3.13. The second-order valence-electron chi connectivity index (χ2n) is 5.25. The number of rotatable bonds is 3. The first-order chi connectivity index (χ1) is 7.87. The second-order valence-corrected chi connectivity index (χ2v) is 8.10. The minimum Gasteiger partial charge on any atom is -0.345 e. The molecule has 0 aromatic rings. The largest absolute Gasteiger partial charge is 0.345 e. The zero-order chi connectivity index (χ0) is 12.6. The van der Waals surface area contributed by atoms with Crippen LogP contribution in [0.5, 0.6) is 0 Å². The highest BCUT2D eigenvalue weighted by molar-refractivity contribution is 7.91. The van der Waals surface area contributed by atoms with E-state index in [1.165, 1.54) is 0 Å². The van der Waals surface area contributed by atoms with Crippen molar-refractivity contribution in [2.75, 3.05) is 25.1 Å². The summed E-state index contributed by atoms with van der Waals surface area (Å²) in [4.78, 5) is 13.7. The third-order valence-electron chi connectivity index (χ3n) is 3.67. The van der Waals surface area contributed by atoms with Gasteiger partial charge in [-0.1, -0.05) is 0 Å². The number of amides is 1. The van der Waals surface area contributed by atoms with Crippen LogP contribution in [0.1, 0.15) is 19.3 Å². The van der Waals surface area contributed by atoms with Crippen molar-refractivity contribution < 1.29 is 13.2 Å². The van der Waals surface area contributed by atoms with Gasteiger partial charge in [-0.15, -0.1) is 11.6 Å². The molecule has 0 radical (unpaired) electrons. The van der Waals surface area contributed by atoms with Gasteiger partial charge in [-0.05, 0) is 25.2 Å². The lowest BCUT2D eigenvalue weighted by molar-refractivity contribution is -0.134. The first-order valence-corrected chi connectivity index (χ1v) is 8.22. The lowest BCUT2D eigenvalue weighted by atomic mass is 9.84. The monoisotopic (exact) mass is 279 g/mol. The molecule has 1 amide bonds. The number of sulfone groups is 1. The van der Waals surface area contributed by atoms with Crippen LogP contribution < -0.4 is 0 Å². The van der Waals surface area contributed by atoms with Gasteiger partial charge in [-0.3, -0.25) is 4.79 Å². The molecule has 1 heterocycles. The van der Waals surface area contributed by atoms with E-state index in [0.717, 1.165) is 12.8 Å². The zero-order valence-corrected chi connectivity index (χ0v) is 11.5. The Morgan fingerprint density at radius 1 is 1.41 bits per heavy atom. The van der Waals surface area contributed by atoms with Crippen LogP contribution in [0.3, 0.4) is 0 Å². The van der Waals surface area contributed by atoms with E-state index in [4.69, 9.17) is 11.6 Å². The van der Waals surface area contributed by atoms with Crippen molar-refractivity contribution in [1.29, 1.82) is 0 Å². The maximum absolute atomic E-state index is 12.0. The van der Waals surface area contributed by atoms with Gasteiger partial charge >= 0.3 is 0 Å². The highest BCUT2D eigenvalue weighted by Crippen LogP contribution is 2.32. The molecule has 0 aromatic heterocycles. The summed E-state index contributed by atoms with van der Waals surface area (Å²) in [6, 6.07) is 0. The minimum absolute atomic E-state index is 0.0240. The molecule has 2 aliphatic rings. The summed E-state index contributed by atoms with van der Waals surface area (Å²) >= 11 is 5.89. The SMILES string of the molecule is CN(CC1CC(Cl)C1)C(=O)C1CCS(=O)(=O)C1. The molecule has 0 N–H and O–H groups in total.